The van der Waals surface area contributed by atoms with Crippen LogP contribution in [0.15, 0.2) is 18.7 Å². The van der Waals surface area contributed by atoms with Crippen LogP contribution in [0.25, 0.3) is 0 Å². The van der Waals surface area contributed by atoms with Gasteiger partial charge in [-0.15, -0.1) is 11.3 Å². The summed E-state index contributed by atoms with van der Waals surface area (Å²) in [6, 6.07) is 0. The van der Waals surface area contributed by atoms with Gasteiger partial charge in [-0.3, -0.25) is 0 Å². The first-order chi connectivity index (χ1) is 7.75. The third kappa shape index (κ3) is 2.90. The molecule has 0 aromatic carbocycles. The predicted octanol–water partition coefficient (Wildman–Crippen LogP) is 1.75. The SMILES string of the molecule is Cc1nc(CNCCn2ccnc2)sc1C. The van der Waals surface area contributed by atoms with E-state index >= 15 is 0 Å². The Kier molecular flexibility index (Phi) is 3.69. The van der Waals surface area contributed by atoms with Crippen LogP contribution in [0.4, 0.5) is 0 Å². The highest BCUT2D eigenvalue weighted by Crippen LogP contribution is 2.15. The number of nitrogens with one attached hydrogen (secondary N) is 1. The number of aryl methyl sites for hydroxylation is 2. The Labute approximate surface area is 99.4 Å². The summed E-state index contributed by atoms with van der Waals surface area (Å²) < 4.78 is 2.06. The molecule has 0 saturated heterocycles. The van der Waals surface area contributed by atoms with Gasteiger partial charge in [-0.05, 0) is 13.8 Å². The van der Waals surface area contributed by atoms with E-state index in [9.17, 15) is 0 Å². The van der Waals surface area contributed by atoms with E-state index < -0.39 is 0 Å². The Balaban J connectivity index is 1.72. The van der Waals surface area contributed by atoms with Gasteiger partial charge in [-0.1, -0.05) is 0 Å². The van der Waals surface area contributed by atoms with Crippen molar-refractivity contribution in [2.75, 3.05) is 6.54 Å². The summed E-state index contributed by atoms with van der Waals surface area (Å²) in [6.45, 7) is 6.91. The third-order valence-corrected chi connectivity index (χ3v) is 3.53. The molecule has 0 radical (unpaired) electrons. The lowest BCUT2D eigenvalue weighted by Gasteiger charge is -2.02. The van der Waals surface area contributed by atoms with Gasteiger partial charge in [0.25, 0.3) is 0 Å². The van der Waals surface area contributed by atoms with Gasteiger partial charge < -0.3 is 9.88 Å². The largest absolute Gasteiger partial charge is 0.336 e. The molecule has 2 rings (SSSR count). The van der Waals surface area contributed by atoms with Crippen LogP contribution in [-0.4, -0.2) is 21.1 Å². The second-order valence-electron chi connectivity index (χ2n) is 3.73. The number of nitrogens with zero attached hydrogens (tertiary/aromatic N) is 3. The number of thiazole rings is 1. The molecule has 0 fully saturated rings. The van der Waals surface area contributed by atoms with Crippen LogP contribution in [0.1, 0.15) is 15.6 Å². The van der Waals surface area contributed by atoms with Crippen molar-refractivity contribution in [3.05, 3.63) is 34.3 Å². The minimum absolute atomic E-state index is 0.855. The van der Waals surface area contributed by atoms with Crippen LogP contribution in [-0.2, 0) is 13.1 Å². The number of imidazole rings is 1. The zero-order valence-electron chi connectivity index (χ0n) is 9.60. The van der Waals surface area contributed by atoms with Crippen molar-refractivity contribution in [3.63, 3.8) is 0 Å². The van der Waals surface area contributed by atoms with Gasteiger partial charge in [0, 0.05) is 36.9 Å². The van der Waals surface area contributed by atoms with Gasteiger partial charge >= 0.3 is 0 Å². The third-order valence-electron chi connectivity index (χ3n) is 2.46. The van der Waals surface area contributed by atoms with Gasteiger partial charge in [0.05, 0.1) is 12.0 Å². The van der Waals surface area contributed by atoms with Gasteiger partial charge in [0.1, 0.15) is 5.01 Å². The number of hydrogen-bond acceptors (Lipinski definition) is 4. The van der Waals surface area contributed by atoms with Gasteiger partial charge in [0.15, 0.2) is 0 Å². The van der Waals surface area contributed by atoms with Crippen molar-refractivity contribution in [1.82, 2.24) is 19.9 Å². The summed E-state index contributed by atoms with van der Waals surface area (Å²) in [5.41, 5.74) is 1.15. The molecule has 0 amide bonds. The van der Waals surface area contributed by atoms with E-state index in [0.717, 1.165) is 25.3 Å². The lowest BCUT2D eigenvalue weighted by Crippen LogP contribution is -2.18. The number of rotatable bonds is 5. The van der Waals surface area contributed by atoms with E-state index in [-0.39, 0.29) is 0 Å². The summed E-state index contributed by atoms with van der Waals surface area (Å²) in [6.07, 6.45) is 5.60. The van der Waals surface area contributed by atoms with Crippen LogP contribution < -0.4 is 5.32 Å². The Bertz CT molecular complexity index is 413. The molecule has 0 aliphatic heterocycles. The molecule has 0 spiro atoms. The van der Waals surface area contributed by atoms with Crippen LogP contribution in [0.2, 0.25) is 0 Å². The second-order valence-corrected chi connectivity index (χ2v) is 5.01. The maximum Gasteiger partial charge on any atom is 0.107 e. The molecule has 0 bridgehead atoms. The normalized spacial score (nSPS) is 10.9. The minimum atomic E-state index is 0.855. The molecule has 2 aromatic rings. The first-order valence-electron chi connectivity index (χ1n) is 5.35. The lowest BCUT2D eigenvalue weighted by molar-refractivity contribution is 0.596. The van der Waals surface area contributed by atoms with Crippen molar-refractivity contribution < 1.29 is 0 Å². The van der Waals surface area contributed by atoms with Crippen molar-refractivity contribution in [1.29, 1.82) is 0 Å². The maximum atomic E-state index is 4.48. The molecule has 0 unspecified atom stereocenters. The van der Waals surface area contributed by atoms with Crippen molar-refractivity contribution in [2.24, 2.45) is 0 Å². The molecule has 4 nitrogen and oxygen atoms in total. The average Bonchev–Trinajstić information content (AvgIpc) is 2.85. The Morgan fingerprint density at radius 2 is 2.31 bits per heavy atom. The second kappa shape index (κ2) is 5.23. The van der Waals surface area contributed by atoms with E-state index in [0.29, 0.717) is 0 Å². The van der Waals surface area contributed by atoms with E-state index in [1.165, 1.54) is 9.88 Å². The highest BCUT2D eigenvalue weighted by Gasteiger charge is 2.02. The molecule has 86 valence electrons. The number of aromatic nitrogens is 3. The molecule has 0 atom stereocenters. The van der Waals surface area contributed by atoms with Crippen molar-refractivity contribution >= 4 is 11.3 Å². The van der Waals surface area contributed by atoms with Crippen LogP contribution >= 0.6 is 11.3 Å². The summed E-state index contributed by atoms with van der Waals surface area (Å²) in [5.74, 6) is 0. The molecular weight excluding hydrogens is 220 g/mol. The molecule has 0 aliphatic carbocycles. The standard InChI is InChI=1S/C11H16N4S/c1-9-10(2)16-11(14-9)7-12-3-5-15-6-4-13-8-15/h4,6,8,12H,3,5,7H2,1-2H3. The van der Waals surface area contributed by atoms with E-state index in [4.69, 9.17) is 0 Å². The van der Waals surface area contributed by atoms with E-state index in [1.807, 2.05) is 12.5 Å². The molecule has 2 heterocycles. The monoisotopic (exact) mass is 236 g/mol. The van der Waals surface area contributed by atoms with Crippen LogP contribution in [0.5, 0.6) is 0 Å². The van der Waals surface area contributed by atoms with E-state index in [2.05, 4.69) is 33.7 Å². The molecule has 0 saturated carbocycles. The lowest BCUT2D eigenvalue weighted by atomic mass is 10.4. The first-order valence-corrected chi connectivity index (χ1v) is 6.16. The Morgan fingerprint density at radius 3 is 2.94 bits per heavy atom. The summed E-state index contributed by atoms with van der Waals surface area (Å²) in [7, 11) is 0. The molecule has 0 aliphatic rings. The fraction of sp³-hybridized carbons (Fsp3) is 0.455. The molecule has 1 N–H and O–H groups in total. The fourth-order valence-electron chi connectivity index (χ4n) is 1.44. The zero-order valence-corrected chi connectivity index (χ0v) is 10.4. The first kappa shape index (κ1) is 11.3. The Hall–Kier alpha value is -1.20. The maximum absolute atomic E-state index is 4.48. The highest BCUT2D eigenvalue weighted by molar-refractivity contribution is 7.11. The summed E-state index contributed by atoms with van der Waals surface area (Å²) in [5, 5.41) is 4.55. The smallest absolute Gasteiger partial charge is 0.107 e. The van der Waals surface area contributed by atoms with E-state index in [1.54, 1.807) is 17.5 Å². The minimum Gasteiger partial charge on any atom is -0.336 e. The van der Waals surface area contributed by atoms with Crippen LogP contribution in [0, 0.1) is 13.8 Å². The Morgan fingerprint density at radius 1 is 1.44 bits per heavy atom. The quantitative estimate of drug-likeness (QED) is 0.804. The van der Waals surface area contributed by atoms with Gasteiger partial charge in [-0.2, -0.15) is 0 Å². The van der Waals surface area contributed by atoms with Gasteiger partial charge in [0.2, 0.25) is 0 Å². The molecule has 5 heteroatoms. The zero-order chi connectivity index (χ0) is 11.4. The van der Waals surface area contributed by atoms with Gasteiger partial charge in [-0.25, -0.2) is 9.97 Å². The average molecular weight is 236 g/mol. The fourth-order valence-corrected chi connectivity index (χ4v) is 2.34. The van der Waals surface area contributed by atoms with Crippen LogP contribution in [0.3, 0.4) is 0 Å². The molecular formula is C11H16N4S. The van der Waals surface area contributed by atoms with Crippen molar-refractivity contribution in [2.45, 2.75) is 26.9 Å². The summed E-state index contributed by atoms with van der Waals surface area (Å²) >= 11 is 1.77. The summed E-state index contributed by atoms with van der Waals surface area (Å²) in [4.78, 5) is 9.79. The molecule has 16 heavy (non-hydrogen) atoms. The highest BCUT2D eigenvalue weighted by atomic mass is 32.1. The number of hydrogen-bond donors (Lipinski definition) is 1. The topological polar surface area (TPSA) is 42.7 Å². The van der Waals surface area contributed by atoms with Crippen molar-refractivity contribution in [3.8, 4) is 0 Å². The predicted molar refractivity (Wildman–Crippen MR) is 65.5 cm³/mol. The molecule has 2 aromatic heterocycles.